The number of hydrogen-bond donors (Lipinski definition) is 3. The van der Waals surface area contributed by atoms with Gasteiger partial charge < -0.3 is 30.2 Å². The van der Waals surface area contributed by atoms with E-state index in [1.54, 1.807) is 13.3 Å². The molecule has 11 heteroatoms. The number of amides is 1. The summed E-state index contributed by atoms with van der Waals surface area (Å²) in [6.45, 7) is 7.20. The van der Waals surface area contributed by atoms with Gasteiger partial charge in [0.05, 0.1) is 34.3 Å². The zero-order valence-corrected chi connectivity index (χ0v) is 24.4. The second-order valence-electron chi connectivity index (χ2n) is 11.5. The minimum absolute atomic E-state index is 0.0652. The topological polar surface area (TPSA) is 130 Å². The molecule has 0 bridgehead atoms. The molecular formula is C29H39ClN6O4. The third kappa shape index (κ3) is 7.96. The van der Waals surface area contributed by atoms with Crippen LogP contribution < -0.4 is 16.0 Å². The van der Waals surface area contributed by atoms with Gasteiger partial charge in [-0.25, -0.2) is 14.8 Å². The maximum atomic E-state index is 12.4. The summed E-state index contributed by atoms with van der Waals surface area (Å²) in [5.41, 5.74) is 0.411. The number of carbonyl (C=O) groups is 1. The summed E-state index contributed by atoms with van der Waals surface area (Å²) in [5, 5.41) is 20.1. The first-order valence-corrected chi connectivity index (χ1v) is 14.1. The standard InChI is InChI=1S/C29H39ClN6O4/c1-28(2,3)40-27(37)36-23-14-19(8-9-24(23)38-4)34-26-15-20(21(30)16-32-26)22-6-5-7-25(35-22)33-18-29(17-31)10-12-39-13-11-29/h5-7,15-16,19,23-24H,8-14,18H2,1-4H3,(H,32,34)(H,33,35)(H,36,37)/t19-,23+,24+/m0/s1. The monoisotopic (exact) mass is 570 g/mol. The summed E-state index contributed by atoms with van der Waals surface area (Å²) in [5.74, 6) is 1.34. The van der Waals surface area contributed by atoms with Crippen LogP contribution in [0.2, 0.25) is 5.02 Å². The van der Waals surface area contributed by atoms with Crippen LogP contribution in [-0.2, 0) is 14.2 Å². The molecule has 2 aromatic rings. The van der Waals surface area contributed by atoms with Crippen molar-refractivity contribution in [2.75, 3.05) is 37.5 Å². The lowest BCUT2D eigenvalue weighted by Crippen LogP contribution is -2.51. The Morgan fingerprint density at radius 2 is 2.02 bits per heavy atom. The summed E-state index contributed by atoms with van der Waals surface area (Å²) in [6.07, 6.45) is 4.74. The zero-order chi connectivity index (χ0) is 28.8. The average molecular weight is 571 g/mol. The molecule has 1 aliphatic carbocycles. The van der Waals surface area contributed by atoms with Gasteiger partial charge in [0.25, 0.3) is 0 Å². The van der Waals surface area contributed by atoms with Gasteiger partial charge in [-0.05, 0) is 71.1 Å². The summed E-state index contributed by atoms with van der Waals surface area (Å²) in [7, 11) is 1.66. The maximum absolute atomic E-state index is 12.4. The predicted octanol–water partition coefficient (Wildman–Crippen LogP) is 5.40. The van der Waals surface area contributed by atoms with Crippen LogP contribution in [0.5, 0.6) is 0 Å². The second kappa shape index (κ2) is 13.0. The third-order valence-corrected chi connectivity index (χ3v) is 7.62. The Balaban J connectivity index is 1.43. The fourth-order valence-electron chi connectivity index (χ4n) is 5.12. The molecule has 0 spiro atoms. The number of methoxy groups -OCH3 is 1. The Morgan fingerprint density at radius 1 is 1.25 bits per heavy atom. The summed E-state index contributed by atoms with van der Waals surface area (Å²) >= 11 is 6.55. The van der Waals surface area contributed by atoms with Crippen molar-refractivity contribution in [3.05, 3.63) is 35.5 Å². The minimum atomic E-state index is -0.578. The van der Waals surface area contributed by atoms with Crippen LogP contribution >= 0.6 is 11.6 Å². The van der Waals surface area contributed by atoms with Crippen molar-refractivity contribution in [2.45, 2.75) is 76.7 Å². The maximum Gasteiger partial charge on any atom is 0.407 e. The van der Waals surface area contributed by atoms with E-state index < -0.39 is 17.1 Å². The summed E-state index contributed by atoms with van der Waals surface area (Å²) in [6, 6.07) is 9.92. The highest BCUT2D eigenvalue weighted by molar-refractivity contribution is 6.33. The zero-order valence-electron chi connectivity index (χ0n) is 23.6. The molecule has 2 aliphatic rings. The van der Waals surface area contributed by atoms with Crippen molar-refractivity contribution in [1.29, 1.82) is 5.26 Å². The molecule has 1 amide bonds. The van der Waals surface area contributed by atoms with Crippen molar-refractivity contribution < 1.29 is 19.0 Å². The number of hydrogen-bond acceptors (Lipinski definition) is 9. The van der Waals surface area contributed by atoms with E-state index in [2.05, 4.69) is 27.0 Å². The second-order valence-corrected chi connectivity index (χ2v) is 11.9. The van der Waals surface area contributed by atoms with Gasteiger partial charge in [-0.15, -0.1) is 0 Å². The largest absolute Gasteiger partial charge is 0.444 e. The number of nitriles is 1. The van der Waals surface area contributed by atoms with E-state index in [-0.39, 0.29) is 18.2 Å². The number of nitrogens with zero attached hydrogens (tertiary/aromatic N) is 3. The highest BCUT2D eigenvalue weighted by Crippen LogP contribution is 2.32. The lowest BCUT2D eigenvalue weighted by atomic mass is 9.82. The van der Waals surface area contributed by atoms with Gasteiger partial charge in [0.15, 0.2) is 0 Å². The number of halogens is 1. The first-order valence-electron chi connectivity index (χ1n) is 13.7. The Morgan fingerprint density at radius 3 is 2.73 bits per heavy atom. The molecule has 2 aromatic heterocycles. The van der Waals surface area contributed by atoms with Crippen LogP contribution in [0, 0.1) is 16.7 Å². The molecule has 2 fully saturated rings. The van der Waals surface area contributed by atoms with Crippen molar-refractivity contribution in [1.82, 2.24) is 15.3 Å². The van der Waals surface area contributed by atoms with Crippen molar-refractivity contribution in [2.24, 2.45) is 5.41 Å². The molecule has 216 valence electrons. The van der Waals surface area contributed by atoms with Crippen LogP contribution in [0.15, 0.2) is 30.5 Å². The Bertz CT molecular complexity index is 1210. The van der Waals surface area contributed by atoms with Crippen LogP contribution in [0.25, 0.3) is 11.3 Å². The lowest BCUT2D eigenvalue weighted by Gasteiger charge is -2.36. The quantitative estimate of drug-likeness (QED) is 0.381. The van der Waals surface area contributed by atoms with Crippen LogP contribution in [0.1, 0.15) is 52.9 Å². The van der Waals surface area contributed by atoms with Crippen molar-refractivity contribution in [3.8, 4) is 17.3 Å². The number of pyridine rings is 2. The molecule has 1 saturated carbocycles. The van der Waals surface area contributed by atoms with Gasteiger partial charge in [-0.3, -0.25) is 0 Å². The van der Waals surface area contributed by atoms with Crippen LogP contribution in [-0.4, -0.2) is 66.7 Å². The number of ether oxygens (including phenoxy) is 3. The van der Waals surface area contributed by atoms with Crippen molar-refractivity contribution in [3.63, 3.8) is 0 Å². The normalized spacial score (nSPS) is 22.6. The number of rotatable bonds is 8. The fraction of sp³-hybridized carbons (Fsp3) is 0.586. The van der Waals surface area contributed by atoms with E-state index in [0.29, 0.717) is 61.4 Å². The molecule has 0 radical (unpaired) electrons. The highest BCUT2D eigenvalue weighted by atomic mass is 35.5. The van der Waals surface area contributed by atoms with E-state index >= 15 is 0 Å². The molecule has 4 rings (SSSR count). The van der Waals surface area contributed by atoms with E-state index in [4.69, 9.17) is 30.8 Å². The van der Waals surface area contributed by atoms with Crippen LogP contribution in [0.3, 0.4) is 0 Å². The molecule has 3 heterocycles. The average Bonchev–Trinajstić information content (AvgIpc) is 2.93. The molecule has 0 unspecified atom stereocenters. The van der Waals surface area contributed by atoms with E-state index in [9.17, 15) is 10.1 Å². The molecule has 1 saturated heterocycles. The first-order chi connectivity index (χ1) is 19.1. The number of alkyl carbamates (subject to hydrolysis) is 1. The smallest absolute Gasteiger partial charge is 0.407 e. The summed E-state index contributed by atoms with van der Waals surface area (Å²) < 4.78 is 16.5. The highest BCUT2D eigenvalue weighted by Gasteiger charge is 2.34. The lowest BCUT2D eigenvalue weighted by molar-refractivity contribution is 0.0196. The third-order valence-electron chi connectivity index (χ3n) is 7.32. The molecule has 0 aromatic carbocycles. The van der Waals surface area contributed by atoms with Gasteiger partial charge >= 0.3 is 6.09 Å². The SMILES string of the molecule is CO[C@@H]1CC[C@H](Nc2cc(-c3cccc(NCC4(C#N)CCOCC4)n3)c(Cl)cn2)C[C@H]1NC(=O)OC(C)(C)C. The van der Waals surface area contributed by atoms with E-state index in [1.807, 2.05) is 45.0 Å². The van der Waals surface area contributed by atoms with E-state index in [0.717, 1.165) is 18.4 Å². The van der Waals surface area contributed by atoms with Gasteiger partial charge in [0, 0.05) is 44.7 Å². The fourth-order valence-corrected chi connectivity index (χ4v) is 5.32. The summed E-state index contributed by atoms with van der Waals surface area (Å²) in [4.78, 5) is 21.7. The van der Waals surface area contributed by atoms with Gasteiger partial charge in [0.1, 0.15) is 17.2 Å². The molecule has 1 aliphatic heterocycles. The first kappa shape index (κ1) is 29.8. The Hall–Kier alpha value is -3.13. The molecule has 10 nitrogen and oxygen atoms in total. The van der Waals surface area contributed by atoms with Gasteiger partial charge in [0.2, 0.25) is 0 Å². The van der Waals surface area contributed by atoms with Gasteiger partial charge in [-0.1, -0.05) is 17.7 Å². The molecular weight excluding hydrogens is 532 g/mol. The number of nitrogens with one attached hydrogen (secondary N) is 3. The predicted molar refractivity (Wildman–Crippen MR) is 154 cm³/mol. The Kier molecular flexibility index (Phi) is 9.72. The van der Waals surface area contributed by atoms with Crippen molar-refractivity contribution >= 4 is 29.3 Å². The Labute approximate surface area is 241 Å². The van der Waals surface area contributed by atoms with Gasteiger partial charge in [-0.2, -0.15) is 5.26 Å². The number of carbonyl (C=O) groups excluding carboxylic acids is 1. The molecule has 40 heavy (non-hydrogen) atoms. The van der Waals surface area contributed by atoms with Crippen LogP contribution in [0.4, 0.5) is 16.4 Å². The minimum Gasteiger partial charge on any atom is -0.444 e. The van der Waals surface area contributed by atoms with E-state index in [1.165, 1.54) is 0 Å². The number of aromatic nitrogens is 2. The molecule has 3 N–H and O–H groups in total. The number of anilines is 2. The molecule has 3 atom stereocenters.